The maximum atomic E-state index is 13.4. The van der Waals surface area contributed by atoms with Crippen molar-refractivity contribution in [3.63, 3.8) is 0 Å². The van der Waals surface area contributed by atoms with Gasteiger partial charge in [0.15, 0.2) is 11.5 Å². The van der Waals surface area contributed by atoms with Gasteiger partial charge in [-0.3, -0.25) is 0 Å². The number of methoxy groups -OCH3 is 2. The van der Waals surface area contributed by atoms with E-state index in [1.165, 1.54) is 12.1 Å². The van der Waals surface area contributed by atoms with Crippen LogP contribution in [0.3, 0.4) is 0 Å². The van der Waals surface area contributed by atoms with E-state index >= 15 is 0 Å². The summed E-state index contributed by atoms with van der Waals surface area (Å²) >= 11 is 0. The Bertz CT molecular complexity index is 770. The molecule has 1 aliphatic rings. The molecule has 0 saturated heterocycles. The Morgan fingerprint density at radius 3 is 2.64 bits per heavy atom. The third-order valence-corrected chi connectivity index (χ3v) is 5.15. The summed E-state index contributed by atoms with van der Waals surface area (Å²) in [6.45, 7) is 0.726. The number of benzene rings is 2. The van der Waals surface area contributed by atoms with Gasteiger partial charge in [0, 0.05) is 12.1 Å². The van der Waals surface area contributed by atoms with Gasteiger partial charge in [-0.25, -0.2) is 4.39 Å². The highest BCUT2D eigenvalue weighted by atomic mass is 19.1. The number of aliphatic hydroxyl groups is 1. The first-order valence-electron chi connectivity index (χ1n) is 9.65. The highest BCUT2D eigenvalue weighted by Gasteiger charge is 2.33. The number of ether oxygens (including phenoxy) is 3. The van der Waals surface area contributed by atoms with Crippen molar-refractivity contribution in [2.24, 2.45) is 0 Å². The van der Waals surface area contributed by atoms with E-state index in [9.17, 15) is 9.50 Å². The molecule has 0 radical (unpaired) electrons. The predicted molar refractivity (Wildman–Crippen MR) is 106 cm³/mol. The van der Waals surface area contributed by atoms with Gasteiger partial charge in [0.05, 0.1) is 14.2 Å². The molecule has 1 fully saturated rings. The number of nitrogens with one attached hydrogen (secondary N) is 1. The second-order valence-electron chi connectivity index (χ2n) is 7.04. The van der Waals surface area contributed by atoms with Crippen LogP contribution in [0, 0.1) is 5.82 Å². The van der Waals surface area contributed by atoms with Gasteiger partial charge in [0.25, 0.3) is 0 Å². The SMILES string of the molecule is COc1ccc(CCN[C@H]2CCC[C@@H](Oc3cccc(F)c3)[C@@H]2O)cc1OC. The van der Waals surface area contributed by atoms with Crippen LogP contribution < -0.4 is 19.5 Å². The lowest BCUT2D eigenvalue weighted by atomic mass is 9.89. The molecule has 5 nitrogen and oxygen atoms in total. The van der Waals surface area contributed by atoms with Crippen molar-refractivity contribution in [1.29, 1.82) is 0 Å². The highest BCUT2D eigenvalue weighted by Crippen LogP contribution is 2.28. The molecule has 1 aliphatic carbocycles. The van der Waals surface area contributed by atoms with Crippen LogP contribution in [0.4, 0.5) is 4.39 Å². The van der Waals surface area contributed by atoms with Crippen LogP contribution in [0.1, 0.15) is 24.8 Å². The number of hydrogen-bond acceptors (Lipinski definition) is 5. The first kappa shape index (κ1) is 20.4. The Kier molecular flexibility index (Phi) is 7.12. The largest absolute Gasteiger partial charge is 0.493 e. The summed E-state index contributed by atoms with van der Waals surface area (Å²) in [5.74, 6) is 1.53. The van der Waals surface area contributed by atoms with E-state index in [0.717, 1.165) is 37.8 Å². The van der Waals surface area contributed by atoms with Gasteiger partial charge < -0.3 is 24.6 Å². The van der Waals surface area contributed by atoms with Crippen LogP contribution in [0.2, 0.25) is 0 Å². The van der Waals surface area contributed by atoms with E-state index in [2.05, 4.69) is 5.32 Å². The fourth-order valence-corrected chi connectivity index (χ4v) is 3.64. The van der Waals surface area contributed by atoms with Gasteiger partial charge >= 0.3 is 0 Å². The van der Waals surface area contributed by atoms with E-state index in [4.69, 9.17) is 14.2 Å². The first-order chi connectivity index (χ1) is 13.6. The van der Waals surface area contributed by atoms with Crippen LogP contribution in [0.25, 0.3) is 0 Å². The summed E-state index contributed by atoms with van der Waals surface area (Å²) in [6.07, 6.45) is 2.42. The molecule has 6 heteroatoms. The van der Waals surface area contributed by atoms with E-state index in [0.29, 0.717) is 17.2 Å². The smallest absolute Gasteiger partial charge is 0.160 e. The maximum Gasteiger partial charge on any atom is 0.160 e. The van der Waals surface area contributed by atoms with E-state index in [-0.39, 0.29) is 18.0 Å². The summed E-state index contributed by atoms with van der Waals surface area (Å²) in [4.78, 5) is 0. The molecule has 0 bridgehead atoms. The molecule has 3 atom stereocenters. The van der Waals surface area contributed by atoms with Crippen LogP contribution in [0.5, 0.6) is 17.2 Å². The summed E-state index contributed by atoms with van der Waals surface area (Å²) < 4.78 is 29.8. The topological polar surface area (TPSA) is 60.0 Å². The summed E-state index contributed by atoms with van der Waals surface area (Å²) in [7, 11) is 3.24. The van der Waals surface area contributed by atoms with E-state index in [1.807, 2.05) is 18.2 Å². The molecule has 0 heterocycles. The lowest BCUT2D eigenvalue weighted by Gasteiger charge is -2.35. The fourth-order valence-electron chi connectivity index (χ4n) is 3.64. The fraction of sp³-hybridized carbons (Fsp3) is 0.455. The molecule has 2 N–H and O–H groups in total. The molecule has 1 saturated carbocycles. The quantitative estimate of drug-likeness (QED) is 0.725. The number of aliphatic hydroxyl groups excluding tert-OH is 1. The molecular formula is C22H28FNO4. The van der Waals surface area contributed by atoms with Crippen molar-refractivity contribution in [3.05, 3.63) is 53.8 Å². The molecule has 28 heavy (non-hydrogen) atoms. The van der Waals surface area contributed by atoms with Gasteiger partial charge in [-0.2, -0.15) is 0 Å². The average molecular weight is 389 g/mol. The molecule has 0 spiro atoms. The van der Waals surface area contributed by atoms with Crippen molar-refractivity contribution in [1.82, 2.24) is 5.32 Å². The summed E-state index contributed by atoms with van der Waals surface area (Å²) in [5, 5.41) is 14.1. The Morgan fingerprint density at radius 1 is 1.07 bits per heavy atom. The average Bonchev–Trinajstić information content (AvgIpc) is 2.70. The Hall–Kier alpha value is -2.31. The lowest BCUT2D eigenvalue weighted by molar-refractivity contribution is -0.0152. The van der Waals surface area contributed by atoms with E-state index < -0.39 is 6.10 Å². The predicted octanol–water partition coefficient (Wildman–Crippen LogP) is 3.34. The molecule has 2 aromatic carbocycles. The normalized spacial score (nSPS) is 21.9. The Balaban J connectivity index is 1.53. The third-order valence-electron chi connectivity index (χ3n) is 5.15. The Labute approximate surface area is 165 Å². The molecule has 0 aliphatic heterocycles. The molecule has 3 rings (SSSR count). The monoisotopic (exact) mass is 389 g/mol. The van der Waals surface area contributed by atoms with Crippen LogP contribution in [0.15, 0.2) is 42.5 Å². The van der Waals surface area contributed by atoms with Gasteiger partial charge in [-0.1, -0.05) is 12.1 Å². The van der Waals surface area contributed by atoms with E-state index in [1.54, 1.807) is 26.4 Å². The van der Waals surface area contributed by atoms with Crippen molar-refractivity contribution in [2.75, 3.05) is 20.8 Å². The summed E-state index contributed by atoms with van der Waals surface area (Å²) in [5.41, 5.74) is 1.13. The van der Waals surface area contributed by atoms with Crippen molar-refractivity contribution >= 4 is 0 Å². The number of rotatable bonds is 8. The maximum absolute atomic E-state index is 13.4. The molecule has 0 amide bonds. The molecule has 0 unspecified atom stereocenters. The van der Waals surface area contributed by atoms with Crippen molar-refractivity contribution < 1.29 is 23.7 Å². The van der Waals surface area contributed by atoms with Crippen LogP contribution in [-0.2, 0) is 6.42 Å². The van der Waals surface area contributed by atoms with Gasteiger partial charge in [0.1, 0.15) is 23.8 Å². The zero-order valence-electron chi connectivity index (χ0n) is 16.4. The highest BCUT2D eigenvalue weighted by molar-refractivity contribution is 5.42. The van der Waals surface area contributed by atoms with Crippen molar-refractivity contribution in [2.45, 2.75) is 43.9 Å². The lowest BCUT2D eigenvalue weighted by Crippen LogP contribution is -2.51. The zero-order chi connectivity index (χ0) is 19.9. The molecule has 2 aromatic rings. The van der Waals surface area contributed by atoms with Crippen LogP contribution in [-0.4, -0.2) is 44.1 Å². The van der Waals surface area contributed by atoms with Gasteiger partial charge in [-0.05, 0) is 62.1 Å². The third kappa shape index (κ3) is 5.14. The van der Waals surface area contributed by atoms with Gasteiger partial charge in [-0.15, -0.1) is 0 Å². The molecular weight excluding hydrogens is 361 g/mol. The van der Waals surface area contributed by atoms with Crippen molar-refractivity contribution in [3.8, 4) is 17.2 Å². The minimum atomic E-state index is -0.637. The van der Waals surface area contributed by atoms with Gasteiger partial charge in [0.2, 0.25) is 0 Å². The second kappa shape index (κ2) is 9.75. The zero-order valence-corrected chi connectivity index (χ0v) is 16.4. The van der Waals surface area contributed by atoms with Crippen LogP contribution >= 0.6 is 0 Å². The second-order valence-corrected chi connectivity index (χ2v) is 7.04. The standard InChI is InChI=1S/C22H28FNO4/c1-26-19-10-9-15(13-21(19)27-2)11-12-24-18-7-4-8-20(22(18)25)28-17-6-3-5-16(23)14-17/h3,5-6,9-10,13-14,18,20,22,24-25H,4,7-8,11-12H2,1-2H3/t18-,20+,22+/m0/s1. The first-order valence-corrected chi connectivity index (χ1v) is 9.65. The number of halogens is 1. The molecule has 152 valence electrons. The minimum absolute atomic E-state index is 0.0487. The Morgan fingerprint density at radius 2 is 1.89 bits per heavy atom. The number of hydrogen-bond donors (Lipinski definition) is 2. The minimum Gasteiger partial charge on any atom is -0.493 e. The summed E-state index contributed by atoms with van der Waals surface area (Å²) in [6, 6.07) is 11.9. The molecule has 0 aromatic heterocycles.